The molecule has 1 heterocycles. The molecule has 0 saturated carbocycles. The summed E-state index contributed by atoms with van der Waals surface area (Å²) < 4.78 is 0. The van der Waals surface area contributed by atoms with Crippen LogP contribution in [0, 0.1) is 5.92 Å². The van der Waals surface area contributed by atoms with E-state index >= 15 is 0 Å². The van der Waals surface area contributed by atoms with Crippen LogP contribution in [0.3, 0.4) is 0 Å². The lowest BCUT2D eigenvalue weighted by molar-refractivity contribution is -0.143. The van der Waals surface area contributed by atoms with Crippen LogP contribution in [0.2, 0.25) is 0 Å². The van der Waals surface area contributed by atoms with Crippen LogP contribution in [0.25, 0.3) is 0 Å². The molecule has 84 valence electrons. The topological polar surface area (TPSA) is 66.6 Å². The van der Waals surface area contributed by atoms with E-state index in [1.54, 1.807) is 0 Å². The van der Waals surface area contributed by atoms with Gasteiger partial charge in [0.1, 0.15) is 0 Å². The average Bonchev–Trinajstić information content (AvgIpc) is 2.15. The van der Waals surface area contributed by atoms with Gasteiger partial charge in [0.2, 0.25) is 0 Å². The summed E-state index contributed by atoms with van der Waals surface area (Å²) in [5.41, 5.74) is 5.40. The van der Waals surface area contributed by atoms with Gasteiger partial charge in [0, 0.05) is 0 Å². The first kappa shape index (κ1) is 13.7. The second-order valence-corrected chi connectivity index (χ2v) is 3.60. The van der Waals surface area contributed by atoms with Crippen LogP contribution in [0.15, 0.2) is 0 Å². The second-order valence-electron chi connectivity index (χ2n) is 3.60. The summed E-state index contributed by atoms with van der Waals surface area (Å²) >= 11 is 0. The third-order valence-corrected chi connectivity index (χ3v) is 2.62. The number of carbonyl (C=O) groups is 1. The molecule has 0 aromatic heterocycles. The third-order valence-electron chi connectivity index (χ3n) is 2.62. The average molecular weight is 223 g/mol. The summed E-state index contributed by atoms with van der Waals surface area (Å²) in [6.07, 6.45) is 2.59. The Bertz CT molecular complexity index is 170. The van der Waals surface area contributed by atoms with Crippen molar-refractivity contribution in [3.8, 4) is 0 Å². The van der Waals surface area contributed by atoms with E-state index < -0.39 is 5.97 Å². The van der Waals surface area contributed by atoms with Crippen LogP contribution in [-0.2, 0) is 4.79 Å². The van der Waals surface area contributed by atoms with Gasteiger partial charge in [-0.25, -0.2) is 0 Å². The summed E-state index contributed by atoms with van der Waals surface area (Å²) in [7, 11) is 0. The number of carboxylic acids is 1. The normalized spacial score (nSPS) is 18.9. The van der Waals surface area contributed by atoms with Gasteiger partial charge in [0.25, 0.3) is 0 Å². The van der Waals surface area contributed by atoms with Gasteiger partial charge in [0.05, 0.1) is 5.92 Å². The lowest BCUT2D eigenvalue weighted by Crippen LogP contribution is -2.37. The van der Waals surface area contributed by atoms with E-state index in [9.17, 15) is 4.79 Å². The van der Waals surface area contributed by atoms with Crippen molar-refractivity contribution in [1.29, 1.82) is 0 Å². The smallest absolute Gasteiger partial charge is 0.306 e. The van der Waals surface area contributed by atoms with Gasteiger partial charge in [-0.2, -0.15) is 0 Å². The SMILES string of the molecule is Cl.NCCCN1CCC(C(=O)O)CC1. The second kappa shape index (κ2) is 7.04. The number of rotatable bonds is 4. The highest BCUT2D eigenvalue weighted by atomic mass is 35.5. The number of nitrogens with two attached hydrogens (primary N) is 1. The summed E-state index contributed by atoms with van der Waals surface area (Å²) in [5, 5.41) is 8.76. The molecule has 0 aromatic carbocycles. The highest BCUT2D eigenvalue weighted by Gasteiger charge is 2.23. The predicted molar refractivity (Wildman–Crippen MR) is 57.7 cm³/mol. The molecule has 3 N–H and O–H groups in total. The van der Waals surface area contributed by atoms with E-state index in [0.29, 0.717) is 0 Å². The van der Waals surface area contributed by atoms with E-state index in [4.69, 9.17) is 10.8 Å². The van der Waals surface area contributed by atoms with Crippen LogP contribution < -0.4 is 5.73 Å². The molecule has 0 spiro atoms. The Morgan fingerprint density at radius 3 is 2.43 bits per heavy atom. The molecule has 4 nitrogen and oxygen atoms in total. The Hall–Kier alpha value is -0.320. The maximum atomic E-state index is 10.6. The minimum absolute atomic E-state index is 0. The fourth-order valence-corrected chi connectivity index (χ4v) is 1.72. The molecule has 1 fully saturated rings. The zero-order valence-corrected chi connectivity index (χ0v) is 9.13. The summed E-state index contributed by atoms with van der Waals surface area (Å²) in [6, 6.07) is 0. The number of piperidine rings is 1. The van der Waals surface area contributed by atoms with Gasteiger partial charge in [-0.15, -0.1) is 12.4 Å². The summed E-state index contributed by atoms with van der Waals surface area (Å²) in [5.74, 6) is -0.757. The van der Waals surface area contributed by atoms with Crippen LogP contribution >= 0.6 is 12.4 Å². The van der Waals surface area contributed by atoms with E-state index in [1.807, 2.05) is 0 Å². The zero-order chi connectivity index (χ0) is 9.68. The highest BCUT2D eigenvalue weighted by Crippen LogP contribution is 2.16. The lowest BCUT2D eigenvalue weighted by atomic mass is 9.97. The minimum Gasteiger partial charge on any atom is -0.481 e. The molecule has 0 unspecified atom stereocenters. The number of hydrogen-bond acceptors (Lipinski definition) is 3. The molecule has 1 aliphatic rings. The lowest BCUT2D eigenvalue weighted by Gasteiger charge is -2.29. The molecule has 0 amide bonds. The molecule has 5 heteroatoms. The summed E-state index contributed by atoms with van der Waals surface area (Å²) in [4.78, 5) is 12.9. The maximum Gasteiger partial charge on any atom is 0.306 e. The predicted octanol–water partition coefficient (Wildman–Crippen LogP) is 0.554. The molecule has 0 aliphatic carbocycles. The Balaban J connectivity index is 0.00000169. The number of nitrogens with zero attached hydrogens (tertiary/aromatic N) is 1. The fraction of sp³-hybridized carbons (Fsp3) is 0.889. The van der Waals surface area contributed by atoms with Crippen LogP contribution in [0.4, 0.5) is 0 Å². The first-order valence-corrected chi connectivity index (χ1v) is 4.89. The Labute approximate surface area is 90.9 Å². The maximum absolute atomic E-state index is 10.6. The van der Waals surface area contributed by atoms with Crippen LogP contribution in [0.1, 0.15) is 19.3 Å². The van der Waals surface area contributed by atoms with Crippen molar-refractivity contribution in [1.82, 2.24) is 4.90 Å². The van der Waals surface area contributed by atoms with Gasteiger partial charge in [-0.1, -0.05) is 0 Å². The number of halogens is 1. The van der Waals surface area contributed by atoms with Crippen molar-refractivity contribution in [2.45, 2.75) is 19.3 Å². The molecule has 1 saturated heterocycles. The third kappa shape index (κ3) is 4.26. The zero-order valence-electron chi connectivity index (χ0n) is 8.32. The number of hydrogen-bond donors (Lipinski definition) is 2. The first-order chi connectivity index (χ1) is 6.24. The van der Waals surface area contributed by atoms with Crippen LogP contribution in [-0.4, -0.2) is 42.2 Å². The number of likely N-dealkylation sites (tertiary alicyclic amines) is 1. The Morgan fingerprint density at radius 2 is 2.00 bits per heavy atom. The van der Waals surface area contributed by atoms with Crippen molar-refractivity contribution < 1.29 is 9.90 Å². The van der Waals surface area contributed by atoms with Crippen LogP contribution in [0.5, 0.6) is 0 Å². The van der Waals surface area contributed by atoms with Gasteiger partial charge in [-0.05, 0) is 45.4 Å². The van der Waals surface area contributed by atoms with Crippen molar-refractivity contribution in [3.05, 3.63) is 0 Å². The van der Waals surface area contributed by atoms with Gasteiger partial charge in [0.15, 0.2) is 0 Å². The minimum atomic E-state index is -0.640. The number of carboxylic acid groups (broad SMARTS) is 1. The van der Waals surface area contributed by atoms with Gasteiger partial charge >= 0.3 is 5.97 Å². The van der Waals surface area contributed by atoms with E-state index in [2.05, 4.69) is 4.90 Å². The molecule has 0 atom stereocenters. The molecular weight excluding hydrogens is 204 g/mol. The summed E-state index contributed by atoms with van der Waals surface area (Å²) in [6.45, 7) is 3.57. The van der Waals surface area contributed by atoms with Crippen molar-refractivity contribution in [2.75, 3.05) is 26.2 Å². The van der Waals surface area contributed by atoms with Crippen molar-refractivity contribution in [3.63, 3.8) is 0 Å². The van der Waals surface area contributed by atoms with E-state index in [0.717, 1.165) is 45.4 Å². The van der Waals surface area contributed by atoms with Crippen molar-refractivity contribution >= 4 is 18.4 Å². The van der Waals surface area contributed by atoms with E-state index in [1.165, 1.54) is 0 Å². The van der Waals surface area contributed by atoms with Crippen molar-refractivity contribution in [2.24, 2.45) is 11.7 Å². The Kier molecular flexibility index (Phi) is 6.87. The molecule has 14 heavy (non-hydrogen) atoms. The van der Waals surface area contributed by atoms with Gasteiger partial charge < -0.3 is 15.7 Å². The quantitative estimate of drug-likeness (QED) is 0.729. The first-order valence-electron chi connectivity index (χ1n) is 4.89. The molecule has 1 aliphatic heterocycles. The Morgan fingerprint density at radius 1 is 1.43 bits per heavy atom. The molecule has 1 rings (SSSR count). The monoisotopic (exact) mass is 222 g/mol. The van der Waals surface area contributed by atoms with E-state index in [-0.39, 0.29) is 18.3 Å². The largest absolute Gasteiger partial charge is 0.481 e. The number of aliphatic carboxylic acids is 1. The standard InChI is InChI=1S/C9H18N2O2.ClH/c10-4-1-5-11-6-2-8(3-7-11)9(12)13;/h8H,1-7,10H2,(H,12,13);1H. The molecule has 0 radical (unpaired) electrons. The van der Waals surface area contributed by atoms with Gasteiger partial charge in [-0.3, -0.25) is 4.79 Å². The fourth-order valence-electron chi connectivity index (χ4n) is 1.72. The highest BCUT2D eigenvalue weighted by molar-refractivity contribution is 5.85. The molecule has 0 bridgehead atoms. The molecule has 0 aromatic rings. The molecular formula is C9H19ClN2O2.